The SMILES string of the molecule is CC1CCNC(c2c(F)cccc2F)CS1(=O)=O. The van der Waals surface area contributed by atoms with Gasteiger partial charge in [-0.3, -0.25) is 0 Å². The molecule has 1 aliphatic heterocycles. The normalized spacial score (nSPS) is 27.7. The summed E-state index contributed by atoms with van der Waals surface area (Å²) in [7, 11) is -3.32. The molecule has 0 spiro atoms. The molecule has 1 N–H and O–H groups in total. The topological polar surface area (TPSA) is 46.2 Å². The van der Waals surface area contributed by atoms with Gasteiger partial charge in [0.1, 0.15) is 11.6 Å². The molecule has 1 aliphatic rings. The minimum absolute atomic E-state index is 0.185. The van der Waals surface area contributed by atoms with Crippen LogP contribution in [0.3, 0.4) is 0 Å². The minimum atomic E-state index is -3.32. The third-order valence-electron chi connectivity index (χ3n) is 3.30. The van der Waals surface area contributed by atoms with Crippen molar-refractivity contribution in [1.82, 2.24) is 5.32 Å². The highest BCUT2D eigenvalue weighted by molar-refractivity contribution is 7.92. The van der Waals surface area contributed by atoms with Gasteiger partial charge < -0.3 is 5.32 Å². The van der Waals surface area contributed by atoms with Crippen molar-refractivity contribution in [2.45, 2.75) is 24.6 Å². The van der Waals surface area contributed by atoms with Crippen LogP contribution in [0.2, 0.25) is 0 Å². The molecule has 18 heavy (non-hydrogen) atoms. The Hall–Kier alpha value is -1.01. The van der Waals surface area contributed by atoms with Crippen molar-refractivity contribution in [3.63, 3.8) is 0 Å². The Morgan fingerprint density at radius 3 is 2.50 bits per heavy atom. The Morgan fingerprint density at radius 1 is 1.28 bits per heavy atom. The lowest BCUT2D eigenvalue weighted by molar-refractivity contribution is 0.492. The highest BCUT2D eigenvalue weighted by Crippen LogP contribution is 2.25. The summed E-state index contributed by atoms with van der Waals surface area (Å²) >= 11 is 0. The van der Waals surface area contributed by atoms with Crippen LogP contribution < -0.4 is 5.32 Å². The Labute approximate surface area is 105 Å². The maximum Gasteiger partial charge on any atom is 0.154 e. The Kier molecular flexibility index (Phi) is 3.68. The predicted molar refractivity (Wildman–Crippen MR) is 65.0 cm³/mol. The molecule has 1 saturated heterocycles. The van der Waals surface area contributed by atoms with E-state index in [4.69, 9.17) is 0 Å². The maximum absolute atomic E-state index is 13.6. The van der Waals surface area contributed by atoms with Crippen LogP contribution in [-0.4, -0.2) is 26.0 Å². The highest BCUT2D eigenvalue weighted by atomic mass is 32.2. The van der Waals surface area contributed by atoms with E-state index in [0.717, 1.165) is 12.1 Å². The van der Waals surface area contributed by atoms with Crippen molar-refractivity contribution in [2.24, 2.45) is 0 Å². The largest absolute Gasteiger partial charge is 0.309 e. The first-order chi connectivity index (χ1) is 8.42. The van der Waals surface area contributed by atoms with Gasteiger partial charge in [0.05, 0.1) is 17.0 Å². The summed E-state index contributed by atoms with van der Waals surface area (Å²) in [5.41, 5.74) is -0.185. The van der Waals surface area contributed by atoms with Crippen LogP contribution in [0.25, 0.3) is 0 Å². The number of sulfone groups is 1. The summed E-state index contributed by atoms with van der Waals surface area (Å²) in [6.45, 7) is 2.05. The maximum atomic E-state index is 13.6. The van der Waals surface area contributed by atoms with Crippen molar-refractivity contribution in [1.29, 1.82) is 0 Å². The lowest BCUT2D eigenvalue weighted by atomic mass is 10.1. The van der Waals surface area contributed by atoms with Crippen LogP contribution in [0.1, 0.15) is 24.9 Å². The molecule has 3 nitrogen and oxygen atoms in total. The molecule has 0 aromatic heterocycles. The van der Waals surface area contributed by atoms with Crippen LogP contribution in [0, 0.1) is 11.6 Å². The van der Waals surface area contributed by atoms with Gasteiger partial charge in [-0.15, -0.1) is 0 Å². The monoisotopic (exact) mass is 275 g/mol. The second-order valence-corrected chi connectivity index (χ2v) is 7.03. The Bertz CT molecular complexity index is 525. The summed E-state index contributed by atoms with van der Waals surface area (Å²) in [5, 5.41) is 2.42. The second kappa shape index (κ2) is 4.93. The smallest absolute Gasteiger partial charge is 0.154 e. The third-order valence-corrected chi connectivity index (χ3v) is 5.56. The molecule has 1 fully saturated rings. The van der Waals surface area contributed by atoms with E-state index in [9.17, 15) is 17.2 Å². The van der Waals surface area contributed by atoms with Crippen LogP contribution in [0.4, 0.5) is 8.78 Å². The van der Waals surface area contributed by atoms with E-state index >= 15 is 0 Å². The van der Waals surface area contributed by atoms with Gasteiger partial charge in [0, 0.05) is 5.56 Å². The molecular formula is C12H15F2NO2S. The van der Waals surface area contributed by atoms with E-state index < -0.39 is 32.8 Å². The molecule has 1 aromatic rings. The van der Waals surface area contributed by atoms with Crippen molar-refractivity contribution in [3.05, 3.63) is 35.4 Å². The molecule has 0 bridgehead atoms. The van der Waals surface area contributed by atoms with Gasteiger partial charge in [0.25, 0.3) is 0 Å². The molecule has 2 unspecified atom stereocenters. The van der Waals surface area contributed by atoms with E-state index in [1.807, 2.05) is 0 Å². The summed E-state index contributed by atoms with van der Waals surface area (Å²) < 4.78 is 51.1. The summed E-state index contributed by atoms with van der Waals surface area (Å²) in [4.78, 5) is 0. The van der Waals surface area contributed by atoms with Crippen molar-refractivity contribution in [2.75, 3.05) is 12.3 Å². The van der Waals surface area contributed by atoms with Gasteiger partial charge in [-0.25, -0.2) is 17.2 Å². The number of benzene rings is 1. The molecule has 0 aliphatic carbocycles. The van der Waals surface area contributed by atoms with Crippen molar-refractivity contribution < 1.29 is 17.2 Å². The number of hydrogen-bond donors (Lipinski definition) is 1. The molecule has 100 valence electrons. The Balaban J connectivity index is 2.39. The standard InChI is InChI=1S/C12H15F2NO2S/c1-8-5-6-15-11(7-18(8,16)17)12-9(13)3-2-4-10(12)14/h2-4,8,11,15H,5-7H2,1H3. The fourth-order valence-electron chi connectivity index (χ4n) is 2.12. The van der Waals surface area contributed by atoms with Gasteiger partial charge in [-0.1, -0.05) is 6.07 Å². The van der Waals surface area contributed by atoms with E-state index in [2.05, 4.69) is 5.32 Å². The molecule has 0 radical (unpaired) electrons. The molecule has 1 aromatic carbocycles. The number of rotatable bonds is 1. The molecule has 0 amide bonds. The van der Waals surface area contributed by atoms with Crippen molar-refractivity contribution in [3.8, 4) is 0 Å². The molecule has 6 heteroatoms. The average molecular weight is 275 g/mol. The minimum Gasteiger partial charge on any atom is -0.309 e. The number of hydrogen-bond acceptors (Lipinski definition) is 3. The van der Waals surface area contributed by atoms with E-state index in [1.54, 1.807) is 6.92 Å². The first kappa shape index (κ1) is 13.4. The first-order valence-corrected chi connectivity index (χ1v) is 7.52. The van der Waals surface area contributed by atoms with Gasteiger partial charge in [-0.2, -0.15) is 0 Å². The fraction of sp³-hybridized carbons (Fsp3) is 0.500. The number of halogens is 2. The molecule has 1 heterocycles. The van der Waals surface area contributed by atoms with Crippen LogP contribution in [0.15, 0.2) is 18.2 Å². The van der Waals surface area contributed by atoms with E-state index in [-0.39, 0.29) is 11.3 Å². The van der Waals surface area contributed by atoms with E-state index in [1.165, 1.54) is 6.07 Å². The number of nitrogens with one attached hydrogen (secondary N) is 1. The fourth-order valence-corrected chi connectivity index (χ4v) is 3.68. The van der Waals surface area contributed by atoms with E-state index in [0.29, 0.717) is 13.0 Å². The quantitative estimate of drug-likeness (QED) is 0.850. The lowest BCUT2D eigenvalue weighted by Crippen LogP contribution is -2.27. The molecule has 2 atom stereocenters. The Morgan fingerprint density at radius 2 is 1.89 bits per heavy atom. The first-order valence-electron chi connectivity index (χ1n) is 5.80. The zero-order chi connectivity index (χ0) is 13.3. The van der Waals surface area contributed by atoms with Crippen LogP contribution >= 0.6 is 0 Å². The summed E-state index contributed by atoms with van der Waals surface area (Å²) in [5.74, 6) is -1.69. The summed E-state index contributed by atoms with van der Waals surface area (Å²) in [6.07, 6.45) is 0.453. The molecule has 2 rings (SSSR count). The van der Waals surface area contributed by atoms with Crippen LogP contribution in [0.5, 0.6) is 0 Å². The van der Waals surface area contributed by atoms with Crippen LogP contribution in [-0.2, 0) is 9.84 Å². The highest BCUT2D eigenvalue weighted by Gasteiger charge is 2.31. The van der Waals surface area contributed by atoms with Gasteiger partial charge in [0.15, 0.2) is 9.84 Å². The lowest BCUT2D eigenvalue weighted by Gasteiger charge is -2.17. The van der Waals surface area contributed by atoms with Crippen molar-refractivity contribution >= 4 is 9.84 Å². The third kappa shape index (κ3) is 2.54. The second-order valence-electron chi connectivity index (χ2n) is 4.57. The summed E-state index contributed by atoms with van der Waals surface area (Å²) in [6, 6.07) is 2.73. The predicted octanol–water partition coefficient (Wildman–Crippen LogP) is 1.80. The molecular weight excluding hydrogens is 260 g/mol. The molecule has 0 saturated carbocycles. The zero-order valence-electron chi connectivity index (χ0n) is 9.99. The van der Waals surface area contributed by atoms with Gasteiger partial charge >= 0.3 is 0 Å². The van der Waals surface area contributed by atoms with Gasteiger partial charge in [0.2, 0.25) is 0 Å². The van der Waals surface area contributed by atoms with Gasteiger partial charge in [-0.05, 0) is 32.0 Å². The zero-order valence-corrected chi connectivity index (χ0v) is 10.8. The average Bonchev–Trinajstić information content (AvgIpc) is 2.39.